The Kier molecular flexibility index (Phi) is 3.61. The van der Waals surface area contributed by atoms with Gasteiger partial charge in [0.1, 0.15) is 0 Å². The van der Waals surface area contributed by atoms with E-state index in [1.807, 2.05) is 24.3 Å². The normalized spacial score (nSPS) is 18.8. The van der Waals surface area contributed by atoms with Crippen LogP contribution in [-0.4, -0.2) is 11.2 Å². The molecule has 0 bridgehead atoms. The van der Waals surface area contributed by atoms with Gasteiger partial charge in [-0.05, 0) is 40.7 Å². The lowest BCUT2D eigenvalue weighted by molar-refractivity contribution is 0.175. The predicted molar refractivity (Wildman–Crippen MR) is 88.3 cm³/mol. The lowest BCUT2D eigenvalue weighted by Crippen LogP contribution is -2.34. The largest absolute Gasteiger partial charge is 0.465 e. The number of nitrogens with one attached hydrogen (secondary N) is 1. The Morgan fingerprint density at radius 3 is 2.68 bits per heavy atom. The third-order valence-corrected chi connectivity index (χ3v) is 4.67. The van der Waals surface area contributed by atoms with Crippen molar-refractivity contribution in [1.29, 1.82) is 0 Å². The molecule has 0 aromatic heterocycles. The van der Waals surface area contributed by atoms with Gasteiger partial charge < -0.3 is 10.4 Å². The summed E-state index contributed by atoms with van der Waals surface area (Å²) in [6.07, 6.45) is -0.134. The van der Waals surface area contributed by atoms with Gasteiger partial charge in [-0.25, -0.2) is 4.79 Å². The highest BCUT2D eigenvalue weighted by Gasteiger charge is 2.40. The minimum atomic E-state index is -0.992. The Bertz CT molecular complexity index is 740. The summed E-state index contributed by atoms with van der Waals surface area (Å²) in [5.74, 6) is 0. The second-order valence-corrected chi connectivity index (χ2v) is 6.85. The molecule has 2 N–H and O–H groups in total. The van der Waals surface area contributed by atoms with Crippen LogP contribution in [0.4, 0.5) is 4.79 Å². The SMILES string of the molecule is CC1(C)Cc2ccc(-c3ccccc3Cl)cc2C1NC(=O)O. The molecule has 1 atom stereocenters. The average molecular weight is 316 g/mol. The predicted octanol–water partition coefficient (Wildman–Crippen LogP) is 4.90. The fourth-order valence-electron chi connectivity index (χ4n) is 3.30. The molecule has 1 aliphatic rings. The van der Waals surface area contributed by atoms with E-state index in [-0.39, 0.29) is 11.5 Å². The van der Waals surface area contributed by atoms with Gasteiger partial charge in [-0.1, -0.05) is 55.8 Å². The van der Waals surface area contributed by atoms with Crippen molar-refractivity contribution in [3.63, 3.8) is 0 Å². The summed E-state index contributed by atoms with van der Waals surface area (Å²) in [6, 6.07) is 13.7. The molecular formula is C18H18ClNO2. The second-order valence-electron chi connectivity index (χ2n) is 6.44. The molecule has 0 aliphatic heterocycles. The molecule has 1 unspecified atom stereocenters. The van der Waals surface area contributed by atoms with Gasteiger partial charge in [-0.15, -0.1) is 0 Å². The lowest BCUT2D eigenvalue weighted by Gasteiger charge is -2.27. The molecule has 4 heteroatoms. The van der Waals surface area contributed by atoms with Gasteiger partial charge in [0.2, 0.25) is 0 Å². The van der Waals surface area contributed by atoms with E-state index in [9.17, 15) is 4.79 Å². The molecule has 0 spiro atoms. The first-order chi connectivity index (χ1) is 10.4. The Balaban J connectivity index is 2.08. The minimum Gasteiger partial charge on any atom is -0.465 e. The lowest BCUT2D eigenvalue weighted by atomic mass is 9.85. The maximum atomic E-state index is 11.1. The van der Waals surface area contributed by atoms with Crippen molar-refractivity contribution in [1.82, 2.24) is 5.32 Å². The second kappa shape index (κ2) is 5.33. The number of halogens is 1. The molecule has 0 saturated heterocycles. The number of amides is 1. The zero-order valence-electron chi connectivity index (χ0n) is 12.6. The fourth-order valence-corrected chi connectivity index (χ4v) is 3.54. The first kappa shape index (κ1) is 14.9. The van der Waals surface area contributed by atoms with Crippen LogP contribution in [0.5, 0.6) is 0 Å². The monoisotopic (exact) mass is 315 g/mol. The zero-order chi connectivity index (χ0) is 15.9. The van der Waals surface area contributed by atoms with Crippen molar-refractivity contribution in [2.45, 2.75) is 26.3 Å². The molecule has 114 valence electrons. The number of fused-ring (bicyclic) bond motifs is 1. The van der Waals surface area contributed by atoms with Crippen LogP contribution in [0.2, 0.25) is 5.02 Å². The third-order valence-electron chi connectivity index (χ3n) is 4.34. The van der Waals surface area contributed by atoms with Crippen LogP contribution in [-0.2, 0) is 6.42 Å². The summed E-state index contributed by atoms with van der Waals surface area (Å²) < 4.78 is 0. The van der Waals surface area contributed by atoms with Crippen LogP contribution >= 0.6 is 11.6 Å². The number of carbonyl (C=O) groups is 1. The van der Waals surface area contributed by atoms with Crippen molar-refractivity contribution in [3.05, 3.63) is 58.6 Å². The Morgan fingerprint density at radius 1 is 1.27 bits per heavy atom. The maximum absolute atomic E-state index is 11.1. The van der Waals surface area contributed by atoms with E-state index >= 15 is 0 Å². The quantitative estimate of drug-likeness (QED) is 0.828. The van der Waals surface area contributed by atoms with Gasteiger partial charge in [0.05, 0.1) is 6.04 Å². The first-order valence-corrected chi connectivity index (χ1v) is 7.63. The molecule has 0 heterocycles. The van der Waals surface area contributed by atoms with Crippen molar-refractivity contribution >= 4 is 17.7 Å². The molecule has 0 fully saturated rings. The molecule has 0 saturated carbocycles. The number of rotatable bonds is 2. The molecule has 1 amide bonds. The standard InChI is InChI=1S/C18H18ClNO2/c1-18(2)10-12-8-7-11(13-5-3-4-6-15(13)19)9-14(12)16(18)20-17(21)22/h3-9,16,20H,10H2,1-2H3,(H,21,22). The number of benzene rings is 2. The van der Waals surface area contributed by atoms with E-state index in [0.29, 0.717) is 5.02 Å². The summed E-state index contributed by atoms with van der Waals surface area (Å²) in [6.45, 7) is 4.17. The van der Waals surface area contributed by atoms with Gasteiger partial charge >= 0.3 is 6.09 Å². The number of hydrogen-bond donors (Lipinski definition) is 2. The number of carboxylic acid groups (broad SMARTS) is 1. The highest BCUT2D eigenvalue weighted by Crippen LogP contribution is 2.46. The van der Waals surface area contributed by atoms with Crippen LogP contribution in [0.25, 0.3) is 11.1 Å². The van der Waals surface area contributed by atoms with Crippen molar-refractivity contribution < 1.29 is 9.90 Å². The van der Waals surface area contributed by atoms with E-state index in [4.69, 9.17) is 16.7 Å². The first-order valence-electron chi connectivity index (χ1n) is 7.26. The van der Waals surface area contributed by atoms with Crippen LogP contribution in [0.15, 0.2) is 42.5 Å². The minimum absolute atomic E-state index is 0.139. The van der Waals surface area contributed by atoms with Crippen LogP contribution in [0, 0.1) is 5.41 Å². The van der Waals surface area contributed by atoms with Crippen molar-refractivity contribution in [2.24, 2.45) is 5.41 Å². The van der Waals surface area contributed by atoms with Gasteiger partial charge in [0, 0.05) is 10.6 Å². The summed E-state index contributed by atoms with van der Waals surface area (Å²) in [7, 11) is 0. The van der Waals surface area contributed by atoms with E-state index in [0.717, 1.165) is 23.1 Å². The Hall–Kier alpha value is -2.00. The highest BCUT2D eigenvalue weighted by molar-refractivity contribution is 6.33. The summed E-state index contributed by atoms with van der Waals surface area (Å²) in [4.78, 5) is 11.1. The Morgan fingerprint density at radius 2 is 2.00 bits per heavy atom. The van der Waals surface area contributed by atoms with E-state index in [1.54, 1.807) is 0 Å². The molecule has 2 aromatic rings. The third kappa shape index (κ3) is 2.57. The molecule has 3 rings (SSSR count). The van der Waals surface area contributed by atoms with Crippen molar-refractivity contribution in [2.75, 3.05) is 0 Å². The topological polar surface area (TPSA) is 49.3 Å². The molecule has 0 radical (unpaired) electrons. The van der Waals surface area contributed by atoms with Crippen LogP contribution in [0.1, 0.15) is 31.0 Å². The maximum Gasteiger partial charge on any atom is 0.405 e. The van der Waals surface area contributed by atoms with Gasteiger partial charge in [0.15, 0.2) is 0 Å². The molecule has 22 heavy (non-hydrogen) atoms. The van der Waals surface area contributed by atoms with Gasteiger partial charge in [0.25, 0.3) is 0 Å². The van der Waals surface area contributed by atoms with Crippen molar-refractivity contribution in [3.8, 4) is 11.1 Å². The number of hydrogen-bond acceptors (Lipinski definition) is 1. The molecular weight excluding hydrogens is 298 g/mol. The zero-order valence-corrected chi connectivity index (χ0v) is 13.3. The smallest absolute Gasteiger partial charge is 0.405 e. The van der Waals surface area contributed by atoms with Gasteiger partial charge in [-0.2, -0.15) is 0 Å². The average Bonchev–Trinajstić information content (AvgIpc) is 2.69. The summed E-state index contributed by atoms with van der Waals surface area (Å²) in [5, 5.41) is 12.5. The highest BCUT2D eigenvalue weighted by atomic mass is 35.5. The molecule has 3 nitrogen and oxygen atoms in total. The van der Waals surface area contributed by atoms with E-state index < -0.39 is 6.09 Å². The summed E-state index contributed by atoms with van der Waals surface area (Å²) >= 11 is 6.28. The van der Waals surface area contributed by atoms with Crippen LogP contribution < -0.4 is 5.32 Å². The Labute approximate surface area is 134 Å². The van der Waals surface area contributed by atoms with E-state index in [2.05, 4.69) is 37.4 Å². The summed E-state index contributed by atoms with van der Waals surface area (Å²) in [5.41, 5.74) is 4.08. The fraction of sp³-hybridized carbons (Fsp3) is 0.278. The van der Waals surface area contributed by atoms with E-state index in [1.165, 1.54) is 5.56 Å². The molecule has 2 aromatic carbocycles. The van der Waals surface area contributed by atoms with Crippen LogP contribution in [0.3, 0.4) is 0 Å². The molecule has 1 aliphatic carbocycles. The van der Waals surface area contributed by atoms with Gasteiger partial charge in [-0.3, -0.25) is 0 Å².